The van der Waals surface area contributed by atoms with Crippen LogP contribution in [0.5, 0.6) is 5.75 Å². The van der Waals surface area contributed by atoms with Gasteiger partial charge in [-0.3, -0.25) is 9.80 Å². The summed E-state index contributed by atoms with van der Waals surface area (Å²) < 4.78 is 22.1. The molecule has 0 radical (unpaired) electrons. The maximum Gasteiger partial charge on any atom is 0.127 e. The van der Waals surface area contributed by atoms with Crippen molar-refractivity contribution in [1.29, 1.82) is 0 Å². The number of hydrogen-bond acceptors (Lipinski definition) is 4. The van der Waals surface area contributed by atoms with Crippen LogP contribution >= 0.6 is 0 Å². The summed E-state index contributed by atoms with van der Waals surface area (Å²) >= 11 is 0. The molecule has 6 heteroatoms. The van der Waals surface area contributed by atoms with E-state index in [1.807, 2.05) is 6.07 Å². The molecule has 2 heterocycles. The Morgan fingerprint density at radius 3 is 2.39 bits per heavy atom. The Bertz CT molecular complexity index is 1560. The molecule has 0 aliphatic carbocycles. The number of benzene rings is 4. The van der Waals surface area contributed by atoms with E-state index < -0.39 is 0 Å². The highest BCUT2D eigenvalue weighted by atomic mass is 19.1. The van der Waals surface area contributed by atoms with Crippen molar-refractivity contribution in [2.45, 2.75) is 26.1 Å². The van der Waals surface area contributed by atoms with Gasteiger partial charge in [-0.15, -0.1) is 0 Å². The molecule has 6 rings (SSSR count). The summed E-state index contributed by atoms with van der Waals surface area (Å²) in [5, 5.41) is 2.55. The Morgan fingerprint density at radius 1 is 0.763 bits per heavy atom. The van der Waals surface area contributed by atoms with Gasteiger partial charge in [0.25, 0.3) is 0 Å². The Hall–Kier alpha value is -3.74. The van der Waals surface area contributed by atoms with Crippen molar-refractivity contribution in [3.8, 4) is 5.75 Å². The molecule has 0 amide bonds. The van der Waals surface area contributed by atoms with Gasteiger partial charge in [-0.1, -0.05) is 54.6 Å². The van der Waals surface area contributed by atoms with E-state index in [0.29, 0.717) is 17.9 Å². The van der Waals surface area contributed by atoms with Crippen LogP contribution in [0.15, 0.2) is 84.9 Å². The van der Waals surface area contributed by atoms with E-state index in [4.69, 9.17) is 9.72 Å². The van der Waals surface area contributed by atoms with Gasteiger partial charge in [-0.25, -0.2) is 9.37 Å². The molecule has 5 nitrogen and oxygen atoms in total. The van der Waals surface area contributed by atoms with Crippen molar-refractivity contribution >= 4 is 21.8 Å². The van der Waals surface area contributed by atoms with Gasteiger partial charge in [0.15, 0.2) is 0 Å². The second-order valence-corrected chi connectivity index (χ2v) is 10.1. The number of methoxy groups -OCH3 is 1. The molecule has 1 saturated heterocycles. The van der Waals surface area contributed by atoms with Crippen LogP contribution in [0, 0.1) is 5.82 Å². The van der Waals surface area contributed by atoms with Crippen LogP contribution in [-0.2, 0) is 19.6 Å². The third-order valence-electron chi connectivity index (χ3n) is 7.64. The van der Waals surface area contributed by atoms with Crippen molar-refractivity contribution in [1.82, 2.24) is 19.4 Å². The Balaban J connectivity index is 1.21. The van der Waals surface area contributed by atoms with Gasteiger partial charge in [0, 0.05) is 31.7 Å². The highest BCUT2D eigenvalue weighted by Crippen LogP contribution is 2.25. The number of halogens is 1. The van der Waals surface area contributed by atoms with E-state index in [1.165, 1.54) is 27.9 Å². The lowest BCUT2D eigenvalue weighted by Crippen LogP contribution is -2.31. The second-order valence-electron chi connectivity index (χ2n) is 10.1. The number of rotatable bonds is 7. The van der Waals surface area contributed by atoms with Gasteiger partial charge >= 0.3 is 0 Å². The minimum absolute atomic E-state index is 0.172. The summed E-state index contributed by atoms with van der Waals surface area (Å²) in [6.45, 7) is 5.92. The van der Waals surface area contributed by atoms with Crippen LogP contribution < -0.4 is 4.74 Å². The first-order valence-electron chi connectivity index (χ1n) is 13.4. The zero-order valence-corrected chi connectivity index (χ0v) is 21.8. The molecule has 1 aliphatic heterocycles. The third-order valence-corrected chi connectivity index (χ3v) is 7.64. The molecule has 5 aromatic rings. The lowest BCUT2D eigenvalue weighted by Gasteiger charge is -2.22. The minimum Gasteiger partial charge on any atom is -0.497 e. The number of aromatic nitrogens is 2. The monoisotopic (exact) mass is 508 g/mol. The van der Waals surface area contributed by atoms with E-state index in [-0.39, 0.29) is 5.82 Å². The number of para-hydroxylation sites is 2. The fourth-order valence-electron chi connectivity index (χ4n) is 5.60. The molecular formula is C32H33FN4O. The molecule has 194 valence electrons. The van der Waals surface area contributed by atoms with Gasteiger partial charge in [0.2, 0.25) is 0 Å². The van der Waals surface area contributed by atoms with Crippen LogP contribution in [0.25, 0.3) is 21.8 Å². The van der Waals surface area contributed by atoms with Gasteiger partial charge in [0.05, 0.1) is 24.7 Å². The Labute approximate surface area is 223 Å². The van der Waals surface area contributed by atoms with Crippen LogP contribution in [-0.4, -0.2) is 52.6 Å². The van der Waals surface area contributed by atoms with Gasteiger partial charge in [0.1, 0.15) is 17.4 Å². The molecular weight excluding hydrogens is 475 g/mol. The fraction of sp³-hybridized carbons (Fsp3) is 0.281. The summed E-state index contributed by atoms with van der Waals surface area (Å²) in [6.07, 6.45) is 1.04. The topological polar surface area (TPSA) is 33.5 Å². The van der Waals surface area contributed by atoms with E-state index >= 15 is 0 Å². The summed E-state index contributed by atoms with van der Waals surface area (Å²) in [6, 6.07) is 28.5. The first-order chi connectivity index (χ1) is 18.7. The minimum atomic E-state index is -0.172. The van der Waals surface area contributed by atoms with Crippen LogP contribution in [0.3, 0.4) is 0 Å². The molecule has 0 spiro atoms. The standard InChI is InChI=1S/C32H33FN4O/c1-38-27-14-15-29(33)26(20-27)21-35-16-7-17-36(19-18-35)23-32-34-30-12-4-5-13-31(30)37(32)22-25-10-6-9-24-8-2-3-11-28(24)25/h2-6,8-15,20H,7,16-19,21-23H2,1H3. The smallest absolute Gasteiger partial charge is 0.127 e. The zero-order chi connectivity index (χ0) is 25.9. The molecule has 0 atom stereocenters. The molecule has 0 unspecified atom stereocenters. The normalized spacial score (nSPS) is 15.2. The average Bonchev–Trinajstić information content (AvgIpc) is 3.12. The highest BCUT2D eigenvalue weighted by molar-refractivity contribution is 5.86. The lowest BCUT2D eigenvalue weighted by atomic mass is 10.0. The Kier molecular flexibility index (Phi) is 7.08. The van der Waals surface area contributed by atoms with Gasteiger partial charge < -0.3 is 9.30 Å². The summed E-state index contributed by atoms with van der Waals surface area (Å²) in [7, 11) is 1.62. The first kappa shape index (κ1) is 24.6. The summed E-state index contributed by atoms with van der Waals surface area (Å²) in [4.78, 5) is 9.91. The van der Waals surface area contributed by atoms with Gasteiger partial charge in [-0.2, -0.15) is 0 Å². The number of hydrogen-bond donors (Lipinski definition) is 0. The van der Waals surface area contributed by atoms with Crippen molar-refractivity contribution in [2.24, 2.45) is 0 Å². The van der Waals surface area contributed by atoms with Gasteiger partial charge in [-0.05, 0) is 66.2 Å². The fourth-order valence-corrected chi connectivity index (χ4v) is 5.60. The van der Waals surface area contributed by atoms with E-state index in [0.717, 1.165) is 57.0 Å². The average molecular weight is 509 g/mol. The number of fused-ring (bicyclic) bond motifs is 2. The van der Waals surface area contributed by atoms with E-state index in [2.05, 4.69) is 81.1 Å². The largest absolute Gasteiger partial charge is 0.497 e. The van der Waals surface area contributed by atoms with Crippen LogP contribution in [0.1, 0.15) is 23.4 Å². The van der Waals surface area contributed by atoms with Crippen molar-refractivity contribution in [2.75, 3.05) is 33.3 Å². The van der Waals surface area contributed by atoms with E-state index in [9.17, 15) is 4.39 Å². The van der Waals surface area contributed by atoms with Crippen LogP contribution in [0.4, 0.5) is 4.39 Å². The second kappa shape index (κ2) is 10.9. The SMILES string of the molecule is COc1ccc(F)c(CN2CCCN(Cc3nc4ccccc4n3Cc3cccc4ccccc34)CC2)c1. The van der Waals surface area contributed by atoms with Crippen molar-refractivity contribution in [3.05, 3.63) is 108 Å². The number of nitrogens with zero attached hydrogens (tertiary/aromatic N) is 4. The lowest BCUT2D eigenvalue weighted by molar-refractivity contribution is 0.240. The zero-order valence-electron chi connectivity index (χ0n) is 21.8. The molecule has 38 heavy (non-hydrogen) atoms. The molecule has 4 aromatic carbocycles. The maximum absolute atomic E-state index is 14.4. The number of ether oxygens (including phenoxy) is 1. The molecule has 1 aromatic heterocycles. The predicted molar refractivity (Wildman–Crippen MR) is 151 cm³/mol. The molecule has 1 aliphatic rings. The maximum atomic E-state index is 14.4. The highest BCUT2D eigenvalue weighted by Gasteiger charge is 2.20. The quantitative estimate of drug-likeness (QED) is 0.266. The molecule has 0 saturated carbocycles. The van der Waals surface area contributed by atoms with Crippen LogP contribution in [0.2, 0.25) is 0 Å². The summed E-state index contributed by atoms with van der Waals surface area (Å²) in [5.41, 5.74) is 4.19. The molecule has 1 fully saturated rings. The predicted octanol–water partition coefficient (Wildman–Crippen LogP) is 6.09. The molecule has 0 bridgehead atoms. The Morgan fingerprint density at radius 2 is 1.53 bits per heavy atom. The van der Waals surface area contributed by atoms with Crippen molar-refractivity contribution < 1.29 is 9.13 Å². The van der Waals surface area contributed by atoms with Crippen molar-refractivity contribution in [3.63, 3.8) is 0 Å². The summed E-state index contributed by atoms with van der Waals surface area (Å²) in [5.74, 6) is 1.61. The molecule has 0 N–H and O–H groups in total. The van der Waals surface area contributed by atoms with E-state index in [1.54, 1.807) is 13.2 Å². The first-order valence-corrected chi connectivity index (χ1v) is 13.4. The third kappa shape index (κ3) is 5.15. The number of imidazole rings is 1.